The zero-order chi connectivity index (χ0) is 33.9. The summed E-state index contributed by atoms with van der Waals surface area (Å²) in [6, 6.07) is 0. The van der Waals surface area contributed by atoms with Crippen molar-refractivity contribution >= 4 is 87.9 Å². The molecule has 0 saturated carbocycles. The molecule has 0 atom stereocenters. The van der Waals surface area contributed by atoms with Gasteiger partial charge in [0, 0.05) is 0 Å². The number of halogens is 6. The number of hydrogen-bond donors (Lipinski definition) is 12. The van der Waals surface area contributed by atoms with Crippen LogP contribution in [0.4, 0.5) is 20.8 Å². The molecule has 0 fully saturated rings. The van der Waals surface area contributed by atoms with Gasteiger partial charge in [0.25, 0.3) is 0 Å². The fourth-order valence-corrected chi connectivity index (χ4v) is 0.892. The first kappa shape index (κ1) is 55.9. The van der Waals surface area contributed by atoms with E-state index in [2.05, 4.69) is 13.5 Å². The van der Waals surface area contributed by atoms with Crippen LogP contribution in [0.1, 0.15) is 45.4 Å². The van der Waals surface area contributed by atoms with Crippen molar-refractivity contribution in [2.75, 3.05) is 0 Å². The van der Waals surface area contributed by atoms with Gasteiger partial charge < -0.3 is 0 Å². The summed E-state index contributed by atoms with van der Waals surface area (Å²) in [6.45, 7) is 5.92. The molecule has 0 aliphatic rings. The first-order chi connectivity index (χ1) is 16.4. The van der Waals surface area contributed by atoms with E-state index in [4.69, 9.17) is 71.6 Å². The van der Waals surface area contributed by atoms with Gasteiger partial charge in [-0.15, -0.1) is 6.58 Å². The molecular formula is C9H30As6F6O18. The molecule has 0 rings (SSSR count). The van der Waals surface area contributed by atoms with E-state index < -0.39 is 87.9 Å². The molecule has 18 nitrogen and oxygen atoms in total. The second kappa shape index (κ2) is 29.1. The van der Waals surface area contributed by atoms with Gasteiger partial charge in [0.05, 0.1) is 0 Å². The summed E-state index contributed by atoms with van der Waals surface area (Å²) >= 11 is -33.8. The number of rotatable bonds is 6. The van der Waals surface area contributed by atoms with E-state index in [-0.39, 0.29) is 0 Å². The maximum atomic E-state index is 10.4. The van der Waals surface area contributed by atoms with Crippen molar-refractivity contribution in [1.29, 1.82) is 0 Å². The third kappa shape index (κ3) is 1090. The molecule has 0 bridgehead atoms. The van der Waals surface area contributed by atoms with Crippen LogP contribution in [-0.2, 0) is 22.4 Å². The van der Waals surface area contributed by atoms with Crippen LogP contribution in [0, 0.1) is 0 Å². The second-order valence-corrected chi connectivity index (χ2v) is 17.2. The summed E-state index contributed by atoms with van der Waals surface area (Å²) in [5, 5.41) is 0. The Hall–Kier alpha value is 0.991. The second-order valence-electron chi connectivity index (χ2n) is 5.33. The van der Waals surface area contributed by atoms with Gasteiger partial charge in [0.15, 0.2) is 0 Å². The SMILES string of the molecule is C=CCCCCCCC.O=[As](O)(O)F.O=[As](O)(O)F.O=[As](O)(O)F.O=[As](O)(O)F.O=[As](O)(O)F.O=[As](O)(O)F. The maximum absolute atomic E-state index is 10.4. The Morgan fingerprint density at radius 2 is 0.615 bits per heavy atom. The van der Waals surface area contributed by atoms with Crippen LogP contribution in [0.3, 0.4) is 0 Å². The van der Waals surface area contributed by atoms with E-state index in [0.717, 1.165) is 0 Å². The molecule has 0 aliphatic carbocycles. The Bertz CT molecular complexity index is 636. The van der Waals surface area contributed by atoms with E-state index in [0.29, 0.717) is 0 Å². The first-order valence-corrected chi connectivity index (χ1v) is 27.5. The van der Waals surface area contributed by atoms with Gasteiger partial charge in [-0.3, -0.25) is 0 Å². The molecule has 246 valence electrons. The molecule has 0 unspecified atom stereocenters. The van der Waals surface area contributed by atoms with E-state index in [9.17, 15) is 20.8 Å². The summed E-state index contributed by atoms with van der Waals surface area (Å²) in [6.07, 6.45) is 10.1. The van der Waals surface area contributed by atoms with E-state index in [1.807, 2.05) is 6.08 Å². The molecule has 0 aromatic heterocycles. The monoisotopic (exact) mass is 990 g/mol. The quantitative estimate of drug-likeness (QED) is 0.0529. The van der Waals surface area contributed by atoms with Crippen LogP contribution >= 0.6 is 0 Å². The average molecular weight is 990 g/mol. The van der Waals surface area contributed by atoms with Gasteiger partial charge in [-0.2, -0.15) is 0 Å². The van der Waals surface area contributed by atoms with E-state index >= 15 is 0 Å². The molecule has 0 aromatic carbocycles. The normalized spacial score (nSPS) is 11.3. The third-order valence-electron chi connectivity index (χ3n) is 1.51. The standard InChI is InChI=1S/C9H18.6AsFH2O3/c1-3-5-7-9-8-6-4-2;6*2-1(3,4)5/h3H,1,4-9H2,2H3;6*(H2,3,4,5). The van der Waals surface area contributed by atoms with Crippen molar-refractivity contribution in [3.63, 3.8) is 0 Å². The molecule has 12 N–H and O–H groups in total. The molecule has 39 heavy (non-hydrogen) atoms. The molecule has 0 saturated heterocycles. The van der Waals surface area contributed by atoms with Gasteiger partial charge in [-0.05, 0) is 12.8 Å². The minimum absolute atomic E-state index is 1.20. The van der Waals surface area contributed by atoms with Crippen molar-refractivity contribution in [1.82, 2.24) is 0 Å². The fourth-order valence-electron chi connectivity index (χ4n) is 0.892. The fraction of sp³-hybridized carbons (Fsp3) is 0.778. The summed E-state index contributed by atoms with van der Waals surface area (Å²) < 4.78 is 199. The predicted octanol–water partition coefficient (Wildman–Crippen LogP) is -3.63. The zero-order valence-corrected chi connectivity index (χ0v) is 30.6. The Kier molecular flexibility index (Phi) is 41.7. The van der Waals surface area contributed by atoms with Crippen molar-refractivity contribution in [2.45, 2.75) is 45.4 Å². The number of hydrogen-bond acceptors (Lipinski definition) is 6. The Labute approximate surface area is 236 Å². The minimum atomic E-state index is -5.62. The summed E-state index contributed by atoms with van der Waals surface area (Å²) in [5.41, 5.74) is 0. The van der Waals surface area contributed by atoms with Crippen molar-refractivity contribution in [3.05, 3.63) is 12.7 Å². The Balaban J connectivity index is -0.0000000622. The van der Waals surface area contributed by atoms with Gasteiger partial charge in [-0.1, -0.05) is 38.7 Å². The number of unbranched alkanes of at least 4 members (excludes halogenated alkanes) is 5. The molecule has 30 heteroatoms. The predicted molar refractivity (Wildman–Crippen MR) is 115 cm³/mol. The topological polar surface area (TPSA) is 345 Å². The van der Waals surface area contributed by atoms with Crippen LogP contribution in [-0.4, -0.2) is 137 Å². The van der Waals surface area contributed by atoms with E-state index in [1.165, 1.54) is 38.5 Å². The van der Waals surface area contributed by atoms with Gasteiger partial charge in [-0.25, -0.2) is 0 Å². The summed E-state index contributed by atoms with van der Waals surface area (Å²) in [4.78, 5) is 0. The molecule has 0 aliphatic heterocycles. The summed E-state index contributed by atoms with van der Waals surface area (Å²) in [7, 11) is 0. The number of allylic oxidation sites excluding steroid dienone is 1. The van der Waals surface area contributed by atoms with E-state index in [1.54, 1.807) is 0 Å². The molecular weight excluding hydrogens is 960 g/mol. The Morgan fingerprint density at radius 1 is 0.462 bits per heavy atom. The van der Waals surface area contributed by atoms with Crippen molar-refractivity contribution in [3.8, 4) is 0 Å². The molecule has 0 radical (unpaired) electrons. The van der Waals surface area contributed by atoms with Crippen molar-refractivity contribution < 1.29 is 92.4 Å². The van der Waals surface area contributed by atoms with Crippen LogP contribution in [0.25, 0.3) is 0 Å². The third-order valence-corrected chi connectivity index (χ3v) is 1.51. The average Bonchev–Trinajstić information content (AvgIpc) is 2.45. The molecule has 0 amide bonds. The summed E-state index contributed by atoms with van der Waals surface area (Å²) in [5.74, 6) is 0. The van der Waals surface area contributed by atoms with Gasteiger partial charge in [0.1, 0.15) is 0 Å². The zero-order valence-electron chi connectivity index (χ0n) is 19.3. The van der Waals surface area contributed by atoms with Crippen molar-refractivity contribution in [2.24, 2.45) is 0 Å². The van der Waals surface area contributed by atoms with Gasteiger partial charge >= 0.3 is 180 Å². The van der Waals surface area contributed by atoms with Crippen LogP contribution < -0.4 is 0 Å². The Morgan fingerprint density at radius 3 is 0.744 bits per heavy atom. The van der Waals surface area contributed by atoms with Crippen LogP contribution in [0.2, 0.25) is 0 Å². The van der Waals surface area contributed by atoms with Gasteiger partial charge in [0.2, 0.25) is 0 Å². The first-order valence-electron chi connectivity index (χ1n) is 8.53. The molecule has 0 aromatic rings. The molecule has 0 spiro atoms. The van der Waals surface area contributed by atoms with Crippen LogP contribution in [0.15, 0.2) is 12.7 Å². The van der Waals surface area contributed by atoms with Crippen LogP contribution in [0.5, 0.6) is 0 Å². The molecule has 0 heterocycles.